The molecule has 2 saturated heterocycles. The number of hydrogen-bond acceptors (Lipinski definition) is 8. The summed E-state index contributed by atoms with van der Waals surface area (Å²) in [6.45, 7) is 3.51. The number of nitrogens with one attached hydrogen (secondary N) is 1. The first-order chi connectivity index (χ1) is 12.0. The number of piperidine rings is 1. The fourth-order valence-corrected chi connectivity index (χ4v) is 2.87. The molecule has 2 aliphatic heterocycles. The zero-order valence-electron chi connectivity index (χ0n) is 14.3. The third-order valence-corrected chi connectivity index (χ3v) is 4.44. The van der Waals surface area contributed by atoms with E-state index in [1.807, 2.05) is 0 Å². The number of rotatable bonds is 5. The van der Waals surface area contributed by atoms with Gasteiger partial charge in [0.2, 0.25) is 5.89 Å². The van der Waals surface area contributed by atoms with E-state index in [0.717, 1.165) is 0 Å². The third kappa shape index (κ3) is 4.01. The predicted octanol–water partition coefficient (Wildman–Crippen LogP) is 1.03. The van der Waals surface area contributed by atoms with Crippen LogP contribution in [0.1, 0.15) is 37.5 Å². The Morgan fingerprint density at radius 1 is 1.44 bits per heavy atom. The van der Waals surface area contributed by atoms with Gasteiger partial charge in [-0.05, 0) is 6.92 Å². The predicted molar refractivity (Wildman–Crippen MR) is 82.8 cm³/mol. The van der Waals surface area contributed by atoms with Crippen LogP contribution >= 0.6 is 0 Å². The Morgan fingerprint density at radius 3 is 2.84 bits per heavy atom. The lowest BCUT2D eigenvalue weighted by atomic mass is 9.92. The molecule has 1 atom stereocenters. The van der Waals surface area contributed by atoms with Crippen molar-refractivity contribution in [3.63, 3.8) is 0 Å². The summed E-state index contributed by atoms with van der Waals surface area (Å²) < 4.78 is 20.3. The molecule has 0 aliphatic carbocycles. The molecule has 1 N–H and O–H groups in total. The van der Waals surface area contributed by atoms with Crippen molar-refractivity contribution < 1.29 is 28.3 Å². The van der Waals surface area contributed by atoms with Gasteiger partial charge in [0.25, 0.3) is 0 Å². The number of carbonyl (C=O) groups is 2. The van der Waals surface area contributed by atoms with Crippen molar-refractivity contribution in [3.8, 4) is 0 Å². The Morgan fingerprint density at radius 2 is 2.20 bits per heavy atom. The van der Waals surface area contributed by atoms with Crippen LogP contribution in [0.5, 0.6) is 0 Å². The third-order valence-electron chi connectivity index (χ3n) is 4.44. The fourth-order valence-electron chi connectivity index (χ4n) is 2.87. The number of ether oxygens (including phenoxy) is 3. The van der Waals surface area contributed by atoms with Crippen molar-refractivity contribution in [2.45, 2.75) is 37.8 Å². The van der Waals surface area contributed by atoms with E-state index in [-0.39, 0.29) is 12.6 Å². The van der Waals surface area contributed by atoms with E-state index in [0.29, 0.717) is 50.7 Å². The molecule has 2 fully saturated rings. The summed E-state index contributed by atoms with van der Waals surface area (Å²) >= 11 is 0. The van der Waals surface area contributed by atoms with Gasteiger partial charge < -0.3 is 29.0 Å². The van der Waals surface area contributed by atoms with Crippen LogP contribution in [-0.4, -0.2) is 66.2 Å². The zero-order chi connectivity index (χ0) is 17.9. The molecule has 0 saturated carbocycles. The monoisotopic (exact) mass is 354 g/mol. The SMILES string of the molecule is COCCc1noc(C(C)NC(=O)N2CCC3(CC2)COC(=O)O3)n1. The Hall–Kier alpha value is -2.36. The summed E-state index contributed by atoms with van der Waals surface area (Å²) in [6.07, 6.45) is 1.03. The van der Waals surface area contributed by atoms with E-state index in [9.17, 15) is 9.59 Å². The fraction of sp³-hybridized carbons (Fsp3) is 0.733. The van der Waals surface area contributed by atoms with Crippen molar-refractivity contribution >= 4 is 12.2 Å². The van der Waals surface area contributed by atoms with Crippen molar-refractivity contribution in [3.05, 3.63) is 11.7 Å². The lowest BCUT2D eigenvalue weighted by Crippen LogP contribution is -2.51. The minimum Gasteiger partial charge on any atom is -0.430 e. The summed E-state index contributed by atoms with van der Waals surface area (Å²) in [4.78, 5) is 29.5. The van der Waals surface area contributed by atoms with Crippen molar-refractivity contribution in [2.75, 3.05) is 33.4 Å². The molecule has 138 valence electrons. The molecule has 2 aliphatic rings. The Bertz CT molecular complexity index is 625. The number of nitrogens with zero attached hydrogens (tertiary/aromatic N) is 3. The minimum absolute atomic E-state index is 0.218. The maximum absolute atomic E-state index is 12.4. The van der Waals surface area contributed by atoms with E-state index >= 15 is 0 Å². The number of urea groups is 1. The van der Waals surface area contributed by atoms with Gasteiger partial charge in [0.1, 0.15) is 12.6 Å². The van der Waals surface area contributed by atoms with Crippen LogP contribution < -0.4 is 5.32 Å². The van der Waals surface area contributed by atoms with Gasteiger partial charge in [-0.2, -0.15) is 4.98 Å². The smallest absolute Gasteiger partial charge is 0.430 e. The summed E-state index contributed by atoms with van der Waals surface area (Å²) in [5, 5.41) is 6.70. The first kappa shape index (κ1) is 17.5. The van der Waals surface area contributed by atoms with Gasteiger partial charge in [-0.25, -0.2) is 9.59 Å². The Balaban J connectivity index is 1.49. The van der Waals surface area contributed by atoms with E-state index in [1.54, 1.807) is 18.9 Å². The van der Waals surface area contributed by atoms with Crippen molar-refractivity contribution in [1.29, 1.82) is 0 Å². The van der Waals surface area contributed by atoms with E-state index in [2.05, 4.69) is 15.5 Å². The summed E-state index contributed by atoms with van der Waals surface area (Å²) in [5.74, 6) is 0.895. The van der Waals surface area contributed by atoms with Crippen molar-refractivity contribution in [1.82, 2.24) is 20.4 Å². The molecule has 25 heavy (non-hydrogen) atoms. The second kappa shape index (κ2) is 7.26. The number of likely N-dealkylation sites (tertiary alicyclic amines) is 1. The molecule has 0 bridgehead atoms. The first-order valence-electron chi connectivity index (χ1n) is 8.24. The van der Waals surface area contributed by atoms with Crippen LogP contribution in [0.4, 0.5) is 9.59 Å². The van der Waals surface area contributed by atoms with Crippen LogP contribution in [-0.2, 0) is 20.6 Å². The second-order valence-corrected chi connectivity index (χ2v) is 6.27. The maximum Gasteiger partial charge on any atom is 0.509 e. The zero-order valence-corrected chi connectivity index (χ0v) is 14.3. The highest BCUT2D eigenvalue weighted by Crippen LogP contribution is 2.31. The van der Waals surface area contributed by atoms with Gasteiger partial charge in [0.05, 0.1) is 6.61 Å². The average molecular weight is 354 g/mol. The number of cyclic esters (lactones) is 1. The summed E-state index contributed by atoms with van der Waals surface area (Å²) in [6, 6.07) is -0.621. The second-order valence-electron chi connectivity index (χ2n) is 6.27. The molecule has 0 radical (unpaired) electrons. The molecule has 1 aromatic rings. The number of carbonyl (C=O) groups excluding carboxylic acids is 2. The average Bonchev–Trinajstić information content (AvgIpc) is 3.21. The Kier molecular flexibility index (Phi) is 5.07. The van der Waals surface area contributed by atoms with Gasteiger partial charge in [-0.1, -0.05) is 5.16 Å². The number of hydrogen-bond donors (Lipinski definition) is 1. The van der Waals surface area contributed by atoms with E-state index < -0.39 is 17.8 Å². The van der Waals surface area contributed by atoms with Gasteiger partial charge >= 0.3 is 12.2 Å². The molecule has 0 aromatic carbocycles. The molecular formula is C15H22N4O6. The van der Waals surface area contributed by atoms with E-state index in [1.165, 1.54) is 0 Å². The van der Waals surface area contributed by atoms with Gasteiger partial charge in [0, 0.05) is 39.5 Å². The molecule has 1 spiro atoms. The molecule has 1 unspecified atom stereocenters. The van der Waals surface area contributed by atoms with Crippen LogP contribution in [0.15, 0.2) is 4.52 Å². The normalized spacial score (nSPS) is 20.2. The molecule has 3 rings (SSSR count). The van der Waals surface area contributed by atoms with Crippen LogP contribution in [0.3, 0.4) is 0 Å². The molecule has 3 heterocycles. The number of methoxy groups -OCH3 is 1. The highest BCUT2D eigenvalue weighted by molar-refractivity contribution is 5.74. The minimum atomic E-state index is -0.632. The van der Waals surface area contributed by atoms with Gasteiger partial charge in [-0.3, -0.25) is 0 Å². The largest absolute Gasteiger partial charge is 0.509 e. The summed E-state index contributed by atoms with van der Waals surface area (Å²) in [5.41, 5.74) is -0.581. The highest BCUT2D eigenvalue weighted by atomic mass is 16.8. The topological polar surface area (TPSA) is 116 Å². The molecule has 10 nitrogen and oxygen atoms in total. The van der Waals surface area contributed by atoms with Gasteiger partial charge in [0.15, 0.2) is 11.4 Å². The molecule has 1 aromatic heterocycles. The van der Waals surface area contributed by atoms with Crippen LogP contribution in [0.2, 0.25) is 0 Å². The van der Waals surface area contributed by atoms with Crippen molar-refractivity contribution in [2.24, 2.45) is 0 Å². The molecule has 10 heteroatoms. The van der Waals surface area contributed by atoms with Crippen LogP contribution in [0, 0.1) is 0 Å². The lowest BCUT2D eigenvalue weighted by Gasteiger charge is -2.36. The van der Waals surface area contributed by atoms with Gasteiger partial charge in [-0.15, -0.1) is 0 Å². The lowest BCUT2D eigenvalue weighted by molar-refractivity contribution is 0.00908. The Labute approximate surface area is 144 Å². The molecular weight excluding hydrogens is 332 g/mol. The first-order valence-corrected chi connectivity index (χ1v) is 8.24. The summed E-state index contributed by atoms with van der Waals surface area (Å²) in [7, 11) is 1.60. The molecule has 2 amide bonds. The number of aromatic nitrogens is 2. The maximum atomic E-state index is 12.4. The van der Waals surface area contributed by atoms with E-state index in [4.69, 9.17) is 18.7 Å². The highest BCUT2D eigenvalue weighted by Gasteiger charge is 2.45. The number of amides is 2. The van der Waals surface area contributed by atoms with Crippen LogP contribution in [0.25, 0.3) is 0 Å². The standard InChI is InChI=1S/C15H22N4O6/c1-10(12-17-11(18-25-12)3-8-22-2)16-13(20)19-6-4-15(5-7-19)9-23-14(21)24-15/h10H,3-9H2,1-2H3,(H,16,20). The quantitative estimate of drug-likeness (QED) is 0.780.